The topological polar surface area (TPSA) is 32.3 Å². The van der Waals surface area contributed by atoms with Crippen LogP contribution in [0.25, 0.3) is 0 Å². The van der Waals surface area contributed by atoms with Gasteiger partial charge in [-0.3, -0.25) is 10.1 Å². The first-order chi connectivity index (χ1) is 10.2. The summed E-state index contributed by atoms with van der Waals surface area (Å²) < 4.78 is 0. The zero-order chi connectivity index (χ0) is 14.6. The minimum atomic E-state index is 0.0107. The van der Waals surface area contributed by atoms with Crippen molar-refractivity contribution in [3.63, 3.8) is 0 Å². The SMILES string of the molecule is CCC1NC(c2ccc(C)s2)N(C2CC3CCC2C3)C1=O. The van der Waals surface area contributed by atoms with Gasteiger partial charge in [0.05, 0.1) is 6.04 Å². The van der Waals surface area contributed by atoms with Gasteiger partial charge in [0.2, 0.25) is 5.91 Å². The zero-order valence-electron chi connectivity index (χ0n) is 12.8. The van der Waals surface area contributed by atoms with E-state index in [9.17, 15) is 4.79 Å². The predicted octanol–water partition coefficient (Wildman–Crippen LogP) is 3.45. The minimum absolute atomic E-state index is 0.0107. The molecule has 4 heteroatoms. The van der Waals surface area contributed by atoms with E-state index in [4.69, 9.17) is 0 Å². The number of carbonyl (C=O) groups excluding carboxylic acids is 1. The van der Waals surface area contributed by atoms with E-state index in [0.29, 0.717) is 11.9 Å². The van der Waals surface area contributed by atoms with Gasteiger partial charge in [-0.15, -0.1) is 11.3 Å². The number of carbonyl (C=O) groups is 1. The molecule has 21 heavy (non-hydrogen) atoms. The van der Waals surface area contributed by atoms with Gasteiger partial charge in [-0.05, 0) is 56.6 Å². The van der Waals surface area contributed by atoms with Crippen molar-refractivity contribution in [2.45, 2.75) is 64.2 Å². The van der Waals surface area contributed by atoms with Gasteiger partial charge in [-0.2, -0.15) is 0 Å². The van der Waals surface area contributed by atoms with Crippen molar-refractivity contribution in [1.82, 2.24) is 10.2 Å². The third kappa shape index (κ3) is 2.15. The molecule has 2 heterocycles. The number of amides is 1. The van der Waals surface area contributed by atoms with Crippen LogP contribution in [0.5, 0.6) is 0 Å². The van der Waals surface area contributed by atoms with E-state index in [2.05, 4.69) is 36.2 Å². The van der Waals surface area contributed by atoms with Gasteiger partial charge >= 0.3 is 0 Å². The normalized spacial score (nSPS) is 38.7. The molecule has 1 aromatic heterocycles. The second kappa shape index (κ2) is 5.10. The fourth-order valence-electron chi connectivity index (χ4n) is 4.67. The molecule has 0 radical (unpaired) electrons. The molecule has 5 unspecified atom stereocenters. The summed E-state index contributed by atoms with van der Waals surface area (Å²) in [5, 5.41) is 3.59. The summed E-state index contributed by atoms with van der Waals surface area (Å²) in [5.41, 5.74) is 0. The van der Waals surface area contributed by atoms with Crippen LogP contribution in [-0.4, -0.2) is 22.9 Å². The lowest BCUT2D eigenvalue weighted by Crippen LogP contribution is -2.42. The summed E-state index contributed by atoms with van der Waals surface area (Å²) in [6.45, 7) is 4.25. The van der Waals surface area contributed by atoms with Gasteiger partial charge in [0.15, 0.2) is 0 Å². The molecule has 1 N–H and O–H groups in total. The maximum absolute atomic E-state index is 12.9. The summed E-state index contributed by atoms with van der Waals surface area (Å²) in [4.78, 5) is 17.7. The van der Waals surface area contributed by atoms with Gasteiger partial charge < -0.3 is 4.90 Å². The van der Waals surface area contributed by atoms with Crippen LogP contribution >= 0.6 is 11.3 Å². The summed E-state index contributed by atoms with van der Waals surface area (Å²) in [6.07, 6.45) is 6.29. The molecule has 2 saturated carbocycles. The first-order valence-electron chi connectivity index (χ1n) is 8.32. The zero-order valence-corrected chi connectivity index (χ0v) is 13.7. The van der Waals surface area contributed by atoms with Crippen LogP contribution in [0, 0.1) is 18.8 Å². The van der Waals surface area contributed by atoms with Crippen molar-refractivity contribution in [2.24, 2.45) is 11.8 Å². The molecule has 2 aliphatic carbocycles. The molecule has 3 fully saturated rings. The highest BCUT2D eigenvalue weighted by Crippen LogP contribution is 2.49. The van der Waals surface area contributed by atoms with Crippen LogP contribution in [0.1, 0.15) is 54.9 Å². The lowest BCUT2D eigenvalue weighted by Gasteiger charge is -2.35. The monoisotopic (exact) mass is 304 g/mol. The van der Waals surface area contributed by atoms with Gasteiger partial charge in [-0.1, -0.05) is 13.3 Å². The van der Waals surface area contributed by atoms with Crippen molar-refractivity contribution in [2.75, 3.05) is 0 Å². The minimum Gasteiger partial charge on any atom is -0.317 e. The average Bonchev–Trinajstić information content (AvgIpc) is 3.21. The highest BCUT2D eigenvalue weighted by atomic mass is 32.1. The Balaban J connectivity index is 1.65. The number of thiophene rings is 1. The molecule has 4 rings (SSSR count). The van der Waals surface area contributed by atoms with Gasteiger partial charge in [0, 0.05) is 15.8 Å². The Hall–Kier alpha value is -0.870. The molecule has 2 bridgehead atoms. The highest BCUT2D eigenvalue weighted by Gasteiger charge is 2.50. The molecular weight excluding hydrogens is 280 g/mol. The van der Waals surface area contributed by atoms with Crippen LogP contribution in [0.3, 0.4) is 0 Å². The van der Waals surface area contributed by atoms with Crippen molar-refractivity contribution in [3.8, 4) is 0 Å². The molecule has 1 aliphatic heterocycles. The Morgan fingerprint density at radius 1 is 1.33 bits per heavy atom. The standard InChI is InChI=1S/C17H24N2OS/c1-3-13-17(20)19(14-9-11-5-6-12(14)8-11)16(18-13)15-7-4-10(2)21-15/h4,7,11-14,16,18H,3,5-6,8-9H2,1-2H3. The summed E-state index contributed by atoms with van der Waals surface area (Å²) >= 11 is 1.83. The van der Waals surface area contributed by atoms with Crippen molar-refractivity contribution >= 4 is 17.2 Å². The van der Waals surface area contributed by atoms with Crippen LogP contribution in [0.15, 0.2) is 12.1 Å². The van der Waals surface area contributed by atoms with Crippen LogP contribution in [-0.2, 0) is 4.79 Å². The average molecular weight is 304 g/mol. The summed E-state index contributed by atoms with van der Waals surface area (Å²) in [7, 11) is 0. The largest absolute Gasteiger partial charge is 0.317 e. The quantitative estimate of drug-likeness (QED) is 0.927. The van der Waals surface area contributed by atoms with Crippen molar-refractivity contribution in [1.29, 1.82) is 0 Å². The van der Waals surface area contributed by atoms with E-state index in [1.807, 2.05) is 11.3 Å². The molecule has 3 nitrogen and oxygen atoms in total. The predicted molar refractivity (Wildman–Crippen MR) is 85.1 cm³/mol. The van der Waals surface area contributed by atoms with E-state index in [0.717, 1.165) is 18.3 Å². The van der Waals surface area contributed by atoms with Crippen LogP contribution in [0.4, 0.5) is 0 Å². The van der Waals surface area contributed by atoms with E-state index in [1.165, 1.54) is 35.4 Å². The lowest BCUT2D eigenvalue weighted by atomic mass is 9.93. The Labute approximate surface area is 130 Å². The summed E-state index contributed by atoms with van der Waals surface area (Å²) in [6, 6.07) is 4.86. The maximum atomic E-state index is 12.9. The van der Waals surface area contributed by atoms with E-state index < -0.39 is 0 Å². The molecule has 5 atom stereocenters. The fraction of sp³-hybridized carbons (Fsp3) is 0.706. The number of hydrogen-bond acceptors (Lipinski definition) is 3. The number of nitrogens with zero attached hydrogens (tertiary/aromatic N) is 1. The van der Waals surface area contributed by atoms with E-state index in [1.54, 1.807) is 0 Å². The van der Waals surface area contributed by atoms with E-state index >= 15 is 0 Å². The number of nitrogens with one attached hydrogen (secondary N) is 1. The first kappa shape index (κ1) is 13.8. The third-order valence-electron chi connectivity index (χ3n) is 5.69. The van der Waals surface area contributed by atoms with Gasteiger partial charge in [0.1, 0.15) is 6.17 Å². The first-order valence-corrected chi connectivity index (χ1v) is 9.13. The molecule has 0 aromatic carbocycles. The number of rotatable bonds is 3. The van der Waals surface area contributed by atoms with Gasteiger partial charge in [0.25, 0.3) is 0 Å². The van der Waals surface area contributed by atoms with Crippen LogP contribution < -0.4 is 5.32 Å². The molecular formula is C17H24N2OS. The highest BCUT2D eigenvalue weighted by molar-refractivity contribution is 7.12. The Kier molecular flexibility index (Phi) is 3.34. The lowest BCUT2D eigenvalue weighted by molar-refractivity contribution is -0.133. The van der Waals surface area contributed by atoms with Crippen LogP contribution in [0.2, 0.25) is 0 Å². The van der Waals surface area contributed by atoms with E-state index in [-0.39, 0.29) is 12.2 Å². The third-order valence-corrected chi connectivity index (χ3v) is 6.74. The number of aryl methyl sites for hydroxylation is 1. The van der Waals surface area contributed by atoms with Gasteiger partial charge in [-0.25, -0.2) is 0 Å². The maximum Gasteiger partial charge on any atom is 0.241 e. The Bertz CT molecular complexity index is 555. The fourth-order valence-corrected chi connectivity index (χ4v) is 5.61. The number of fused-ring (bicyclic) bond motifs is 2. The molecule has 1 amide bonds. The molecule has 1 aromatic rings. The van der Waals surface area contributed by atoms with Crippen molar-refractivity contribution in [3.05, 3.63) is 21.9 Å². The molecule has 0 spiro atoms. The number of hydrogen-bond donors (Lipinski definition) is 1. The molecule has 114 valence electrons. The smallest absolute Gasteiger partial charge is 0.241 e. The second-order valence-corrected chi connectivity index (χ2v) is 8.29. The Morgan fingerprint density at radius 3 is 2.76 bits per heavy atom. The molecule has 3 aliphatic rings. The van der Waals surface area contributed by atoms with Crippen molar-refractivity contribution < 1.29 is 4.79 Å². The summed E-state index contributed by atoms with van der Waals surface area (Å²) in [5.74, 6) is 1.96. The molecule has 1 saturated heterocycles. The second-order valence-electron chi connectivity index (χ2n) is 6.97. The Morgan fingerprint density at radius 2 is 2.19 bits per heavy atom.